The number of amides is 1. The van der Waals surface area contributed by atoms with Gasteiger partial charge in [0, 0.05) is 17.1 Å². The van der Waals surface area contributed by atoms with Gasteiger partial charge < -0.3 is 15.2 Å². The molecular weight excluding hydrogens is 288 g/mol. The Bertz CT molecular complexity index is 660. The molecule has 0 radical (unpaired) electrons. The van der Waals surface area contributed by atoms with Crippen LogP contribution in [-0.2, 0) is 4.79 Å². The van der Waals surface area contributed by atoms with Crippen molar-refractivity contribution in [3.8, 4) is 5.69 Å². The summed E-state index contributed by atoms with van der Waals surface area (Å²) in [6.45, 7) is 8.20. The van der Waals surface area contributed by atoms with E-state index in [0.717, 1.165) is 29.2 Å². The van der Waals surface area contributed by atoms with Crippen molar-refractivity contribution in [1.29, 1.82) is 0 Å². The summed E-state index contributed by atoms with van der Waals surface area (Å²) >= 11 is 0. The maximum atomic E-state index is 12.4. The highest BCUT2D eigenvalue weighted by Crippen LogP contribution is 2.17. The molecule has 1 amide bonds. The van der Waals surface area contributed by atoms with Gasteiger partial charge in [-0.1, -0.05) is 20.3 Å². The summed E-state index contributed by atoms with van der Waals surface area (Å²) in [6.07, 6.45) is 2.77. The van der Waals surface area contributed by atoms with Gasteiger partial charge >= 0.3 is 0 Å². The molecule has 2 N–H and O–H groups in total. The zero-order valence-electron chi connectivity index (χ0n) is 14.6. The van der Waals surface area contributed by atoms with Crippen LogP contribution < -0.4 is 10.6 Å². The lowest BCUT2D eigenvalue weighted by atomic mass is 9.98. The average Bonchev–Trinajstić information content (AvgIpc) is 2.88. The topological polar surface area (TPSA) is 59.0 Å². The maximum Gasteiger partial charge on any atom is 0.241 e. The third-order valence-corrected chi connectivity index (χ3v) is 4.47. The predicted molar refractivity (Wildman–Crippen MR) is 94.0 cm³/mol. The van der Waals surface area contributed by atoms with Gasteiger partial charge in [0.15, 0.2) is 0 Å². The van der Waals surface area contributed by atoms with E-state index >= 15 is 0 Å². The lowest BCUT2D eigenvalue weighted by Crippen LogP contribution is -2.43. The number of carbonyl (C=O) groups is 1. The van der Waals surface area contributed by atoms with E-state index in [4.69, 9.17) is 0 Å². The van der Waals surface area contributed by atoms with E-state index in [0.29, 0.717) is 0 Å². The molecule has 2 aromatic rings. The number of anilines is 1. The van der Waals surface area contributed by atoms with Gasteiger partial charge in [-0.15, -0.1) is 0 Å². The second kappa shape index (κ2) is 7.42. The summed E-state index contributed by atoms with van der Waals surface area (Å²) in [6, 6.07) is 7.64. The SMILES string of the molecule is CCC(C)C(NC)C(=O)Nc1ccc(-n2cnc(C)c2C)cc1. The fourth-order valence-corrected chi connectivity index (χ4v) is 2.59. The fourth-order valence-electron chi connectivity index (χ4n) is 2.59. The molecule has 0 fully saturated rings. The number of hydrogen-bond acceptors (Lipinski definition) is 3. The first-order chi connectivity index (χ1) is 11.0. The normalized spacial score (nSPS) is 13.6. The first-order valence-electron chi connectivity index (χ1n) is 8.07. The van der Waals surface area contributed by atoms with E-state index in [1.807, 2.05) is 56.1 Å². The van der Waals surface area contributed by atoms with Gasteiger partial charge in [0.25, 0.3) is 0 Å². The molecule has 1 aromatic carbocycles. The fraction of sp³-hybridized carbons (Fsp3) is 0.444. The van der Waals surface area contributed by atoms with Crippen LogP contribution in [0.15, 0.2) is 30.6 Å². The third kappa shape index (κ3) is 3.79. The number of likely N-dealkylation sites (N-methyl/N-ethyl adjacent to an activating group) is 1. The smallest absolute Gasteiger partial charge is 0.241 e. The minimum absolute atomic E-state index is 0.00394. The van der Waals surface area contributed by atoms with Crippen molar-refractivity contribution in [3.63, 3.8) is 0 Å². The molecule has 0 bridgehead atoms. The van der Waals surface area contributed by atoms with Crippen LogP contribution in [0.1, 0.15) is 31.7 Å². The number of rotatable bonds is 6. The number of nitrogens with one attached hydrogen (secondary N) is 2. The van der Waals surface area contributed by atoms with Gasteiger partial charge in [0.1, 0.15) is 0 Å². The number of hydrogen-bond donors (Lipinski definition) is 2. The standard InChI is InChI=1S/C18H26N4O/c1-6-12(2)17(19-5)18(23)21-15-7-9-16(10-8-15)22-11-20-13(3)14(22)4/h7-12,17,19H,6H2,1-5H3,(H,21,23). The molecule has 1 aromatic heterocycles. The molecule has 0 aliphatic heterocycles. The zero-order chi connectivity index (χ0) is 17.0. The van der Waals surface area contributed by atoms with Gasteiger partial charge in [0.2, 0.25) is 5.91 Å². The van der Waals surface area contributed by atoms with Crippen LogP contribution >= 0.6 is 0 Å². The molecule has 0 saturated heterocycles. The Kier molecular flexibility index (Phi) is 5.55. The Labute approximate surface area is 138 Å². The molecule has 2 unspecified atom stereocenters. The van der Waals surface area contributed by atoms with E-state index in [9.17, 15) is 4.79 Å². The minimum Gasteiger partial charge on any atom is -0.325 e. The van der Waals surface area contributed by atoms with E-state index in [-0.39, 0.29) is 17.9 Å². The number of carbonyl (C=O) groups excluding carboxylic acids is 1. The van der Waals surface area contributed by atoms with E-state index in [2.05, 4.69) is 29.5 Å². The van der Waals surface area contributed by atoms with Gasteiger partial charge in [-0.3, -0.25) is 4.79 Å². The second-order valence-corrected chi connectivity index (χ2v) is 5.97. The minimum atomic E-state index is -0.182. The third-order valence-electron chi connectivity index (χ3n) is 4.47. The number of aromatic nitrogens is 2. The Balaban J connectivity index is 2.11. The van der Waals surface area contributed by atoms with Gasteiger partial charge in [0.05, 0.1) is 18.1 Å². The van der Waals surface area contributed by atoms with Crippen LogP contribution in [-0.4, -0.2) is 28.5 Å². The van der Waals surface area contributed by atoms with Crippen molar-refractivity contribution in [2.75, 3.05) is 12.4 Å². The molecular formula is C18H26N4O. The molecule has 0 aliphatic carbocycles. The second-order valence-electron chi connectivity index (χ2n) is 5.97. The quantitative estimate of drug-likeness (QED) is 0.861. The van der Waals surface area contributed by atoms with Crippen molar-refractivity contribution in [2.45, 2.75) is 40.2 Å². The van der Waals surface area contributed by atoms with Gasteiger partial charge in [-0.05, 0) is 51.1 Å². The molecule has 124 valence electrons. The Hall–Kier alpha value is -2.14. The number of nitrogens with zero attached hydrogens (tertiary/aromatic N) is 2. The van der Waals surface area contributed by atoms with Crippen molar-refractivity contribution < 1.29 is 4.79 Å². The summed E-state index contributed by atoms with van der Waals surface area (Å²) in [5.74, 6) is 0.292. The maximum absolute atomic E-state index is 12.4. The van der Waals surface area contributed by atoms with Crippen LogP contribution in [0.25, 0.3) is 5.69 Å². The Morgan fingerprint density at radius 1 is 1.26 bits per heavy atom. The molecule has 5 nitrogen and oxygen atoms in total. The van der Waals surface area contributed by atoms with Crippen LogP contribution in [0.4, 0.5) is 5.69 Å². The van der Waals surface area contributed by atoms with Crippen molar-refractivity contribution in [2.24, 2.45) is 5.92 Å². The van der Waals surface area contributed by atoms with E-state index in [1.54, 1.807) is 0 Å². The number of aryl methyl sites for hydroxylation is 1. The number of benzene rings is 1. The molecule has 0 saturated carbocycles. The first-order valence-corrected chi connectivity index (χ1v) is 8.07. The summed E-state index contributed by atoms with van der Waals surface area (Å²) < 4.78 is 2.04. The first kappa shape index (κ1) is 17.2. The van der Waals surface area contributed by atoms with Crippen LogP contribution in [0.5, 0.6) is 0 Å². The van der Waals surface area contributed by atoms with Crippen molar-refractivity contribution in [3.05, 3.63) is 42.0 Å². The molecule has 5 heteroatoms. The van der Waals surface area contributed by atoms with Crippen molar-refractivity contribution >= 4 is 11.6 Å². The summed E-state index contributed by atoms with van der Waals surface area (Å²) in [5.41, 5.74) is 3.98. The van der Waals surface area contributed by atoms with Crippen LogP contribution in [0.2, 0.25) is 0 Å². The molecule has 2 rings (SSSR count). The predicted octanol–water partition coefficient (Wildman–Crippen LogP) is 3.06. The molecule has 0 spiro atoms. The summed E-state index contributed by atoms with van der Waals surface area (Å²) in [7, 11) is 1.82. The Morgan fingerprint density at radius 2 is 1.91 bits per heavy atom. The zero-order valence-corrected chi connectivity index (χ0v) is 14.6. The average molecular weight is 314 g/mol. The largest absolute Gasteiger partial charge is 0.325 e. The van der Waals surface area contributed by atoms with E-state index < -0.39 is 0 Å². The highest BCUT2D eigenvalue weighted by Gasteiger charge is 2.22. The number of imidazole rings is 1. The molecule has 23 heavy (non-hydrogen) atoms. The highest BCUT2D eigenvalue weighted by atomic mass is 16.2. The highest BCUT2D eigenvalue weighted by molar-refractivity contribution is 5.95. The van der Waals surface area contributed by atoms with E-state index in [1.165, 1.54) is 0 Å². The summed E-state index contributed by atoms with van der Waals surface area (Å²) in [4.78, 5) is 16.7. The van der Waals surface area contributed by atoms with Crippen LogP contribution in [0, 0.1) is 19.8 Å². The van der Waals surface area contributed by atoms with Gasteiger partial charge in [-0.25, -0.2) is 4.98 Å². The molecule has 0 aliphatic rings. The van der Waals surface area contributed by atoms with Crippen molar-refractivity contribution in [1.82, 2.24) is 14.9 Å². The Morgan fingerprint density at radius 3 is 2.39 bits per heavy atom. The lowest BCUT2D eigenvalue weighted by Gasteiger charge is -2.21. The summed E-state index contributed by atoms with van der Waals surface area (Å²) in [5, 5.41) is 6.08. The van der Waals surface area contributed by atoms with Crippen LogP contribution in [0.3, 0.4) is 0 Å². The van der Waals surface area contributed by atoms with Gasteiger partial charge in [-0.2, -0.15) is 0 Å². The molecule has 1 heterocycles. The monoisotopic (exact) mass is 314 g/mol. The lowest BCUT2D eigenvalue weighted by molar-refractivity contribution is -0.119. The molecule has 2 atom stereocenters.